The molecule has 1 aliphatic rings. The van der Waals surface area contributed by atoms with Gasteiger partial charge in [-0.25, -0.2) is 4.79 Å². The maximum Gasteiger partial charge on any atom is 0.335 e. The van der Waals surface area contributed by atoms with Gasteiger partial charge in [-0.2, -0.15) is 0 Å². The van der Waals surface area contributed by atoms with Crippen LogP contribution in [-0.4, -0.2) is 54.1 Å². The van der Waals surface area contributed by atoms with Gasteiger partial charge in [0.05, 0.1) is 24.7 Å². The van der Waals surface area contributed by atoms with Gasteiger partial charge in [-0.15, -0.1) is 0 Å². The van der Waals surface area contributed by atoms with Crippen LogP contribution in [0.2, 0.25) is 0 Å². The number of methoxy groups -OCH3 is 2. The molecule has 0 saturated carbocycles. The summed E-state index contributed by atoms with van der Waals surface area (Å²) in [4.78, 5) is 36.1. The van der Waals surface area contributed by atoms with Gasteiger partial charge >= 0.3 is 5.97 Å². The summed E-state index contributed by atoms with van der Waals surface area (Å²) in [5.74, 6) is -0.428. The first-order valence-corrected chi connectivity index (χ1v) is 8.87. The van der Waals surface area contributed by atoms with E-state index < -0.39 is 22.5 Å². The van der Waals surface area contributed by atoms with Gasteiger partial charge in [0.25, 0.3) is 11.6 Å². The number of likely N-dealkylation sites (tertiary alicyclic amines) is 1. The van der Waals surface area contributed by atoms with Crippen LogP contribution in [0.25, 0.3) is 0 Å². The average Bonchev–Trinajstić information content (AvgIpc) is 3.22. The Morgan fingerprint density at radius 2 is 1.69 bits per heavy atom. The Morgan fingerprint density at radius 3 is 2.24 bits per heavy atom. The molecule has 2 aromatic rings. The molecule has 1 amide bonds. The number of benzene rings is 2. The largest absolute Gasteiger partial charge is 0.497 e. The average molecular weight is 400 g/mol. The van der Waals surface area contributed by atoms with E-state index in [0.717, 1.165) is 17.7 Å². The Hall–Kier alpha value is -3.62. The maximum atomic E-state index is 12.9. The van der Waals surface area contributed by atoms with Crippen molar-refractivity contribution in [1.82, 2.24) is 4.90 Å². The van der Waals surface area contributed by atoms with Gasteiger partial charge in [-0.05, 0) is 30.2 Å². The van der Waals surface area contributed by atoms with E-state index in [1.165, 1.54) is 6.07 Å². The van der Waals surface area contributed by atoms with Crippen molar-refractivity contribution in [1.29, 1.82) is 0 Å². The number of ether oxygens (including phenoxy) is 2. The number of carbonyl (C=O) groups excluding carboxylic acids is 1. The third-order valence-corrected chi connectivity index (χ3v) is 4.94. The number of rotatable bonds is 6. The first-order chi connectivity index (χ1) is 13.8. The topological polar surface area (TPSA) is 119 Å². The van der Waals surface area contributed by atoms with Gasteiger partial charge in [0.1, 0.15) is 11.5 Å². The number of nitro benzene ring substituents is 1. The molecule has 1 heterocycles. The molecule has 0 aromatic heterocycles. The van der Waals surface area contributed by atoms with Crippen molar-refractivity contribution in [2.75, 3.05) is 27.3 Å². The fourth-order valence-corrected chi connectivity index (χ4v) is 3.43. The quantitative estimate of drug-likeness (QED) is 0.585. The number of nitrogens with zero attached hydrogens (tertiary/aromatic N) is 2. The SMILES string of the molecule is COc1cc(OC)cc(C2CCN(C(=O)c3cc(C(=O)O)cc([N+](=O)[O-])c3)C2)c1. The van der Waals surface area contributed by atoms with Crippen LogP contribution in [-0.2, 0) is 0 Å². The summed E-state index contributed by atoms with van der Waals surface area (Å²) < 4.78 is 10.6. The van der Waals surface area contributed by atoms with Crippen LogP contribution in [0.15, 0.2) is 36.4 Å². The standard InChI is InChI=1S/C20H20N2O7/c1-28-17-8-13(9-18(10-17)29-2)12-3-4-21(11-12)19(23)14-5-15(20(24)25)7-16(6-14)22(26)27/h5-10,12H,3-4,11H2,1-2H3,(H,24,25). The molecule has 0 aliphatic carbocycles. The van der Waals surface area contributed by atoms with Crippen molar-refractivity contribution in [3.05, 3.63) is 63.2 Å². The normalized spacial score (nSPS) is 15.8. The molecule has 1 atom stereocenters. The molecule has 0 bridgehead atoms. The monoisotopic (exact) mass is 400 g/mol. The lowest BCUT2D eigenvalue weighted by atomic mass is 9.98. The number of aromatic carboxylic acids is 1. The highest BCUT2D eigenvalue weighted by Crippen LogP contribution is 2.33. The van der Waals surface area contributed by atoms with Gasteiger partial charge in [0.2, 0.25) is 0 Å². The first kappa shape index (κ1) is 20.1. The summed E-state index contributed by atoms with van der Waals surface area (Å²) in [6.45, 7) is 0.856. The minimum absolute atomic E-state index is 0.0135. The van der Waals surface area contributed by atoms with Crippen molar-refractivity contribution >= 4 is 17.6 Å². The zero-order valence-corrected chi connectivity index (χ0v) is 16.0. The Labute approximate surface area is 166 Å². The van der Waals surface area contributed by atoms with Crippen molar-refractivity contribution in [2.45, 2.75) is 12.3 Å². The molecule has 1 fully saturated rings. The zero-order valence-electron chi connectivity index (χ0n) is 16.0. The van der Waals surface area contributed by atoms with Crippen LogP contribution in [0, 0.1) is 10.1 Å². The highest BCUT2D eigenvalue weighted by atomic mass is 16.6. The molecular weight excluding hydrogens is 380 g/mol. The molecule has 0 spiro atoms. The molecule has 2 aromatic carbocycles. The third kappa shape index (κ3) is 4.29. The van der Waals surface area contributed by atoms with Gasteiger partial charge in [0.15, 0.2) is 0 Å². The number of amides is 1. The minimum Gasteiger partial charge on any atom is -0.497 e. The molecule has 1 unspecified atom stereocenters. The first-order valence-electron chi connectivity index (χ1n) is 8.87. The summed E-state index contributed by atoms with van der Waals surface area (Å²) in [5, 5.41) is 20.3. The van der Waals surface area contributed by atoms with Gasteiger partial charge in [0, 0.05) is 42.8 Å². The Bertz CT molecular complexity index is 919. The highest BCUT2D eigenvalue weighted by Gasteiger charge is 2.30. The van der Waals surface area contributed by atoms with E-state index >= 15 is 0 Å². The van der Waals surface area contributed by atoms with E-state index in [2.05, 4.69) is 0 Å². The smallest absolute Gasteiger partial charge is 0.335 e. The van der Waals surface area contributed by atoms with Crippen LogP contribution < -0.4 is 9.47 Å². The van der Waals surface area contributed by atoms with Crippen LogP contribution in [0.3, 0.4) is 0 Å². The number of hydrogen-bond acceptors (Lipinski definition) is 6. The zero-order chi connectivity index (χ0) is 21.1. The predicted octanol–water partition coefficient (Wildman–Crippen LogP) is 2.94. The number of carboxylic acid groups (broad SMARTS) is 1. The van der Waals surface area contributed by atoms with E-state index in [1.54, 1.807) is 25.2 Å². The number of carboxylic acids is 1. The molecule has 29 heavy (non-hydrogen) atoms. The molecule has 9 nitrogen and oxygen atoms in total. The Morgan fingerprint density at radius 1 is 1.07 bits per heavy atom. The second-order valence-electron chi connectivity index (χ2n) is 6.71. The van der Waals surface area contributed by atoms with Crippen molar-refractivity contribution in [3.63, 3.8) is 0 Å². The number of carbonyl (C=O) groups is 2. The third-order valence-electron chi connectivity index (χ3n) is 4.94. The maximum absolute atomic E-state index is 12.9. The number of nitro groups is 1. The van der Waals surface area contributed by atoms with E-state index in [0.29, 0.717) is 31.0 Å². The predicted molar refractivity (Wildman–Crippen MR) is 103 cm³/mol. The van der Waals surface area contributed by atoms with Crippen LogP contribution in [0.4, 0.5) is 5.69 Å². The van der Waals surface area contributed by atoms with Gasteiger partial charge < -0.3 is 19.5 Å². The Balaban J connectivity index is 1.84. The molecule has 1 saturated heterocycles. The fraction of sp³-hybridized carbons (Fsp3) is 0.300. The van der Waals surface area contributed by atoms with Crippen LogP contribution in [0.5, 0.6) is 11.5 Å². The van der Waals surface area contributed by atoms with Gasteiger partial charge in [-0.1, -0.05) is 0 Å². The van der Waals surface area contributed by atoms with E-state index in [-0.39, 0.29) is 17.0 Å². The van der Waals surface area contributed by atoms with E-state index in [9.17, 15) is 24.8 Å². The minimum atomic E-state index is -1.33. The molecular formula is C20H20N2O7. The number of non-ortho nitro benzene ring substituents is 1. The summed E-state index contributed by atoms with van der Waals surface area (Å²) in [5.41, 5.74) is 0.222. The van der Waals surface area contributed by atoms with Crippen molar-refractivity contribution < 1.29 is 29.1 Å². The number of hydrogen-bond donors (Lipinski definition) is 1. The molecule has 0 radical (unpaired) electrons. The molecule has 9 heteroatoms. The van der Waals surface area contributed by atoms with Crippen LogP contribution in [0.1, 0.15) is 38.6 Å². The lowest BCUT2D eigenvalue weighted by molar-refractivity contribution is -0.384. The highest BCUT2D eigenvalue weighted by molar-refractivity contribution is 5.98. The fourth-order valence-electron chi connectivity index (χ4n) is 3.43. The summed E-state index contributed by atoms with van der Waals surface area (Å²) >= 11 is 0. The van der Waals surface area contributed by atoms with Crippen molar-refractivity contribution in [3.8, 4) is 11.5 Å². The van der Waals surface area contributed by atoms with Crippen molar-refractivity contribution in [2.24, 2.45) is 0 Å². The molecule has 152 valence electrons. The van der Waals surface area contributed by atoms with Gasteiger partial charge in [-0.3, -0.25) is 14.9 Å². The second-order valence-corrected chi connectivity index (χ2v) is 6.71. The lowest BCUT2D eigenvalue weighted by Crippen LogP contribution is -2.28. The molecule has 1 N–H and O–H groups in total. The lowest BCUT2D eigenvalue weighted by Gasteiger charge is -2.18. The van der Waals surface area contributed by atoms with Crippen LogP contribution >= 0.6 is 0 Å². The summed E-state index contributed by atoms with van der Waals surface area (Å²) in [6.07, 6.45) is 0.697. The van der Waals surface area contributed by atoms with E-state index in [1.807, 2.05) is 12.1 Å². The molecule has 1 aliphatic heterocycles. The van der Waals surface area contributed by atoms with E-state index in [4.69, 9.17) is 9.47 Å². The second kappa shape index (κ2) is 8.17. The summed E-state index contributed by atoms with van der Waals surface area (Å²) in [6, 6.07) is 8.75. The Kier molecular flexibility index (Phi) is 5.67. The summed E-state index contributed by atoms with van der Waals surface area (Å²) in [7, 11) is 3.12. The molecule has 3 rings (SSSR count).